The van der Waals surface area contributed by atoms with E-state index in [1.54, 1.807) is 0 Å². The Morgan fingerprint density at radius 1 is 0.265 bits per heavy atom. The number of carbonyl (C=O) groups excluding carboxylic acids is 3. The van der Waals surface area contributed by atoms with E-state index in [0.29, 0.717) is 45.3 Å². The summed E-state index contributed by atoms with van der Waals surface area (Å²) in [6, 6.07) is 0. The standard InChI is InChI=1S/C62H120O6/c1-5-9-12-15-18-21-24-27-30-33-36-39-42-45-48-51-59(63)66-56-54-62(8-4,58-68-61(65)53-50-47-44-41-38-35-32-29-26-23-20-17-14-11-7-3)55-57-67-60(64)52-49-46-43-40-37-34-31-28-25-22-19-16-13-10-6-2/h5-58H2,1-4H3. The Labute approximate surface area is 425 Å². The fraction of sp³-hybridized carbons (Fsp3) is 0.952. The Kier molecular flexibility index (Phi) is 53.5. The lowest BCUT2D eigenvalue weighted by Gasteiger charge is -2.32. The first-order valence-electron chi connectivity index (χ1n) is 30.9. The number of ether oxygens (including phenoxy) is 3. The molecule has 0 aromatic carbocycles. The minimum Gasteiger partial charge on any atom is -0.466 e. The van der Waals surface area contributed by atoms with Crippen molar-refractivity contribution in [2.75, 3.05) is 19.8 Å². The van der Waals surface area contributed by atoms with E-state index >= 15 is 0 Å². The fourth-order valence-corrected chi connectivity index (χ4v) is 9.86. The maximum atomic E-state index is 13.0. The molecule has 0 bridgehead atoms. The monoisotopic (exact) mass is 961 g/mol. The molecule has 0 N–H and O–H groups in total. The molecule has 0 saturated carbocycles. The summed E-state index contributed by atoms with van der Waals surface area (Å²) in [5.74, 6) is -0.414. The van der Waals surface area contributed by atoms with Crippen LogP contribution < -0.4 is 0 Å². The van der Waals surface area contributed by atoms with Gasteiger partial charge in [-0.1, -0.05) is 297 Å². The molecule has 0 radical (unpaired) electrons. The largest absolute Gasteiger partial charge is 0.466 e. The van der Waals surface area contributed by atoms with Crippen molar-refractivity contribution in [3.63, 3.8) is 0 Å². The molecule has 0 aliphatic rings. The molecule has 0 atom stereocenters. The van der Waals surface area contributed by atoms with Crippen molar-refractivity contribution >= 4 is 17.9 Å². The fourth-order valence-electron chi connectivity index (χ4n) is 9.86. The number of carbonyl (C=O) groups is 3. The highest BCUT2D eigenvalue weighted by atomic mass is 16.5. The van der Waals surface area contributed by atoms with Gasteiger partial charge in [0.2, 0.25) is 0 Å². The third kappa shape index (κ3) is 49.4. The molecular weight excluding hydrogens is 841 g/mol. The summed E-state index contributed by atoms with van der Waals surface area (Å²) >= 11 is 0. The van der Waals surface area contributed by atoms with E-state index in [0.717, 1.165) is 44.9 Å². The number of hydrogen-bond donors (Lipinski definition) is 0. The van der Waals surface area contributed by atoms with Crippen LogP contribution in [0.4, 0.5) is 0 Å². The molecule has 6 nitrogen and oxygen atoms in total. The lowest BCUT2D eigenvalue weighted by atomic mass is 9.80. The Balaban J connectivity index is 4.50. The van der Waals surface area contributed by atoms with Crippen LogP contribution in [0.15, 0.2) is 0 Å². The summed E-state index contributed by atoms with van der Waals surface area (Å²) < 4.78 is 17.5. The molecule has 0 aliphatic heterocycles. The maximum absolute atomic E-state index is 13.0. The van der Waals surface area contributed by atoms with E-state index in [1.807, 2.05) is 0 Å². The zero-order valence-corrected chi connectivity index (χ0v) is 46.6. The minimum absolute atomic E-state index is 0.134. The first-order chi connectivity index (χ1) is 33.4. The van der Waals surface area contributed by atoms with Gasteiger partial charge in [0.25, 0.3) is 0 Å². The molecule has 0 fully saturated rings. The van der Waals surface area contributed by atoms with E-state index in [9.17, 15) is 14.4 Å². The zero-order valence-electron chi connectivity index (χ0n) is 46.6. The van der Waals surface area contributed by atoms with Crippen molar-refractivity contribution in [2.45, 2.75) is 355 Å². The van der Waals surface area contributed by atoms with Crippen molar-refractivity contribution in [2.24, 2.45) is 5.41 Å². The highest BCUT2D eigenvalue weighted by Crippen LogP contribution is 2.32. The molecule has 404 valence electrons. The lowest BCUT2D eigenvalue weighted by Crippen LogP contribution is -2.32. The molecule has 68 heavy (non-hydrogen) atoms. The molecule has 0 unspecified atom stereocenters. The number of rotatable bonds is 57. The van der Waals surface area contributed by atoms with E-state index < -0.39 is 5.41 Å². The second kappa shape index (κ2) is 54.7. The van der Waals surface area contributed by atoms with Crippen molar-refractivity contribution in [1.29, 1.82) is 0 Å². The van der Waals surface area contributed by atoms with Gasteiger partial charge in [-0.05, 0) is 38.5 Å². The van der Waals surface area contributed by atoms with Crippen LogP contribution in [-0.4, -0.2) is 37.7 Å². The highest BCUT2D eigenvalue weighted by Gasteiger charge is 2.31. The Hall–Kier alpha value is -1.59. The molecule has 0 saturated heterocycles. The summed E-state index contributed by atoms with van der Waals surface area (Å²) in [7, 11) is 0. The zero-order chi connectivity index (χ0) is 49.5. The summed E-state index contributed by atoms with van der Waals surface area (Å²) in [5.41, 5.74) is -0.394. The molecule has 0 aromatic heterocycles. The highest BCUT2D eigenvalue weighted by molar-refractivity contribution is 5.70. The normalized spacial score (nSPS) is 11.6. The van der Waals surface area contributed by atoms with Gasteiger partial charge in [-0.15, -0.1) is 0 Å². The average molecular weight is 962 g/mol. The first-order valence-corrected chi connectivity index (χ1v) is 30.9. The summed E-state index contributed by atoms with van der Waals surface area (Å²) in [6.07, 6.45) is 61.8. The van der Waals surface area contributed by atoms with E-state index in [-0.39, 0.29) is 24.5 Å². The van der Waals surface area contributed by atoms with Crippen LogP contribution >= 0.6 is 0 Å². The number of hydrogen-bond acceptors (Lipinski definition) is 6. The molecule has 0 amide bonds. The van der Waals surface area contributed by atoms with Crippen LogP contribution in [0, 0.1) is 5.41 Å². The predicted molar refractivity (Wildman–Crippen MR) is 293 cm³/mol. The van der Waals surface area contributed by atoms with Gasteiger partial charge in [0.1, 0.15) is 0 Å². The topological polar surface area (TPSA) is 78.9 Å². The molecule has 0 aliphatic carbocycles. The first kappa shape index (κ1) is 66.4. The molecule has 6 heteroatoms. The lowest BCUT2D eigenvalue weighted by molar-refractivity contribution is -0.153. The second-order valence-electron chi connectivity index (χ2n) is 21.6. The van der Waals surface area contributed by atoms with Gasteiger partial charge in [-0.2, -0.15) is 0 Å². The second-order valence-corrected chi connectivity index (χ2v) is 21.6. The van der Waals surface area contributed by atoms with Crippen molar-refractivity contribution in [3.05, 3.63) is 0 Å². The maximum Gasteiger partial charge on any atom is 0.305 e. The van der Waals surface area contributed by atoms with Gasteiger partial charge in [-0.3, -0.25) is 14.4 Å². The summed E-state index contributed by atoms with van der Waals surface area (Å²) in [5, 5.41) is 0. The smallest absolute Gasteiger partial charge is 0.305 e. The summed E-state index contributed by atoms with van der Waals surface area (Å²) in [6.45, 7) is 9.82. The Morgan fingerprint density at radius 2 is 0.456 bits per heavy atom. The van der Waals surface area contributed by atoms with Crippen molar-refractivity contribution < 1.29 is 28.6 Å². The average Bonchev–Trinajstić information content (AvgIpc) is 3.34. The summed E-state index contributed by atoms with van der Waals surface area (Å²) in [4.78, 5) is 38.4. The number of esters is 3. The van der Waals surface area contributed by atoms with E-state index in [2.05, 4.69) is 27.7 Å². The molecular formula is C62H120O6. The Bertz CT molecular complexity index is 990. The number of unbranched alkanes of at least 4 members (excludes halogenated alkanes) is 42. The van der Waals surface area contributed by atoms with Crippen molar-refractivity contribution in [3.8, 4) is 0 Å². The van der Waals surface area contributed by atoms with Gasteiger partial charge >= 0.3 is 17.9 Å². The van der Waals surface area contributed by atoms with Gasteiger partial charge in [0.15, 0.2) is 0 Å². The predicted octanol–water partition coefficient (Wildman–Crippen LogP) is 20.6. The third-order valence-corrected chi connectivity index (χ3v) is 15.0. The van der Waals surface area contributed by atoms with Crippen LogP contribution in [0.1, 0.15) is 355 Å². The van der Waals surface area contributed by atoms with Crippen LogP contribution in [0.5, 0.6) is 0 Å². The van der Waals surface area contributed by atoms with Crippen LogP contribution in [0.2, 0.25) is 0 Å². The van der Waals surface area contributed by atoms with E-state index in [4.69, 9.17) is 14.2 Å². The minimum atomic E-state index is -0.394. The Morgan fingerprint density at radius 3 is 0.662 bits per heavy atom. The van der Waals surface area contributed by atoms with Gasteiger partial charge in [-0.25, -0.2) is 0 Å². The molecule has 0 aromatic rings. The van der Waals surface area contributed by atoms with Gasteiger partial charge < -0.3 is 14.2 Å². The SMILES string of the molecule is CCCCCCCCCCCCCCCCCC(=O)OCCC(CC)(CCOC(=O)CCCCCCCCCCCCCCCCC)COC(=O)CCCCCCCCCCCCCCCCC. The third-order valence-electron chi connectivity index (χ3n) is 15.0. The molecule has 0 heterocycles. The quantitative estimate of drug-likeness (QED) is 0.0343. The van der Waals surface area contributed by atoms with Gasteiger partial charge in [0.05, 0.1) is 19.8 Å². The van der Waals surface area contributed by atoms with Crippen molar-refractivity contribution in [1.82, 2.24) is 0 Å². The van der Waals surface area contributed by atoms with E-state index in [1.165, 1.54) is 250 Å². The molecule has 0 rings (SSSR count). The van der Waals surface area contributed by atoms with Crippen LogP contribution in [0.25, 0.3) is 0 Å². The van der Waals surface area contributed by atoms with Crippen LogP contribution in [0.3, 0.4) is 0 Å². The van der Waals surface area contributed by atoms with Crippen LogP contribution in [-0.2, 0) is 28.6 Å². The molecule has 0 spiro atoms. The van der Waals surface area contributed by atoms with Gasteiger partial charge in [0, 0.05) is 24.7 Å².